The molecule has 15 heavy (non-hydrogen) atoms. The number of nitrogens with zero attached hydrogens (tertiary/aromatic N) is 1. The fourth-order valence-electron chi connectivity index (χ4n) is 1.66. The number of carbonyl (C=O) groups excluding carboxylic acids is 1. The number of ether oxygens (including phenoxy) is 1. The van der Waals surface area contributed by atoms with Gasteiger partial charge in [-0.15, -0.1) is 0 Å². The first-order valence-electron chi connectivity index (χ1n) is 5.71. The molecule has 4 heteroatoms. The Balaban J connectivity index is 2.23. The molecule has 0 radical (unpaired) electrons. The SMILES string of the molecule is CCC(C)NCC(=O)N1CCC(OC)C1. The van der Waals surface area contributed by atoms with Gasteiger partial charge in [0, 0.05) is 26.2 Å². The Kier molecular flexibility index (Phi) is 5.05. The molecule has 88 valence electrons. The lowest BCUT2D eigenvalue weighted by Gasteiger charge is -2.18. The maximum atomic E-state index is 11.7. The minimum absolute atomic E-state index is 0.190. The van der Waals surface area contributed by atoms with Gasteiger partial charge >= 0.3 is 0 Å². The first kappa shape index (κ1) is 12.5. The predicted octanol–water partition coefficient (Wildman–Crippen LogP) is 0.622. The zero-order chi connectivity index (χ0) is 11.3. The van der Waals surface area contributed by atoms with Crippen LogP contribution in [0.4, 0.5) is 0 Å². The van der Waals surface area contributed by atoms with Crippen LogP contribution in [0.5, 0.6) is 0 Å². The normalized spacial score (nSPS) is 23.1. The molecule has 1 heterocycles. The molecule has 1 amide bonds. The number of nitrogens with one attached hydrogen (secondary N) is 1. The summed E-state index contributed by atoms with van der Waals surface area (Å²) in [4.78, 5) is 13.6. The number of rotatable bonds is 5. The fourth-order valence-corrected chi connectivity index (χ4v) is 1.66. The summed E-state index contributed by atoms with van der Waals surface area (Å²) in [7, 11) is 1.70. The van der Waals surface area contributed by atoms with Crippen molar-refractivity contribution in [2.75, 3.05) is 26.7 Å². The van der Waals surface area contributed by atoms with Crippen molar-refractivity contribution in [1.29, 1.82) is 0 Å². The molecular formula is C11H22N2O2. The highest BCUT2D eigenvalue weighted by Gasteiger charge is 2.25. The Morgan fingerprint density at radius 2 is 2.40 bits per heavy atom. The molecule has 0 aromatic rings. The van der Waals surface area contributed by atoms with Crippen molar-refractivity contribution >= 4 is 5.91 Å². The molecule has 0 saturated carbocycles. The Bertz CT molecular complexity index is 209. The monoisotopic (exact) mass is 214 g/mol. The highest BCUT2D eigenvalue weighted by Crippen LogP contribution is 2.11. The summed E-state index contributed by atoms with van der Waals surface area (Å²) in [5.41, 5.74) is 0. The van der Waals surface area contributed by atoms with E-state index in [-0.39, 0.29) is 12.0 Å². The van der Waals surface area contributed by atoms with Gasteiger partial charge in [0.05, 0.1) is 12.6 Å². The molecular weight excluding hydrogens is 192 g/mol. The molecule has 0 aliphatic carbocycles. The second-order valence-corrected chi connectivity index (χ2v) is 4.18. The number of amides is 1. The third-order valence-corrected chi connectivity index (χ3v) is 3.05. The molecule has 1 N–H and O–H groups in total. The average Bonchev–Trinajstić information content (AvgIpc) is 2.73. The van der Waals surface area contributed by atoms with E-state index >= 15 is 0 Å². The molecule has 4 nitrogen and oxygen atoms in total. The Morgan fingerprint density at radius 3 is 2.93 bits per heavy atom. The van der Waals surface area contributed by atoms with E-state index in [9.17, 15) is 4.79 Å². The van der Waals surface area contributed by atoms with Crippen LogP contribution in [0.1, 0.15) is 26.7 Å². The van der Waals surface area contributed by atoms with Crippen LogP contribution in [0.2, 0.25) is 0 Å². The Labute approximate surface area is 92.0 Å². The van der Waals surface area contributed by atoms with Gasteiger partial charge in [-0.05, 0) is 19.8 Å². The summed E-state index contributed by atoms with van der Waals surface area (Å²) >= 11 is 0. The largest absolute Gasteiger partial charge is 0.380 e. The van der Waals surface area contributed by atoms with E-state index in [2.05, 4.69) is 19.2 Å². The first-order chi connectivity index (χ1) is 7.17. The van der Waals surface area contributed by atoms with Gasteiger partial charge in [-0.1, -0.05) is 6.92 Å². The van der Waals surface area contributed by atoms with E-state index < -0.39 is 0 Å². The second kappa shape index (κ2) is 6.08. The lowest BCUT2D eigenvalue weighted by molar-refractivity contribution is -0.129. The van der Waals surface area contributed by atoms with E-state index in [1.54, 1.807) is 7.11 Å². The quantitative estimate of drug-likeness (QED) is 0.729. The molecule has 2 atom stereocenters. The van der Waals surface area contributed by atoms with E-state index in [0.717, 1.165) is 25.9 Å². The average molecular weight is 214 g/mol. The Hall–Kier alpha value is -0.610. The van der Waals surface area contributed by atoms with Crippen molar-refractivity contribution < 1.29 is 9.53 Å². The standard InChI is InChI=1S/C11H22N2O2/c1-4-9(2)12-7-11(14)13-6-5-10(8-13)15-3/h9-10,12H,4-8H2,1-3H3. The van der Waals surface area contributed by atoms with Crippen LogP contribution in [0.15, 0.2) is 0 Å². The summed E-state index contributed by atoms with van der Waals surface area (Å²) in [5.74, 6) is 0.190. The zero-order valence-electron chi connectivity index (χ0n) is 9.95. The first-order valence-corrected chi connectivity index (χ1v) is 5.71. The molecule has 1 aliphatic rings. The van der Waals surface area contributed by atoms with Gasteiger partial charge in [0.15, 0.2) is 0 Å². The smallest absolute Gasteiger partial charge is 0.236 e. The number of hydrogen-bond acceptors (Lipinski definition) is 3. The van der Waals surface area contributed by atoms with Crippen LogP contribution in [0.25, 0.3) is 0 Å². The molecule has 1 fully saturated rings. The van der Waals surface area contributed by atoms with E-state index in [1.165, 1.54) is 0 Å². The van der Waals surface area contributed by atoms with Gasteiger partial charge in [-0.2, -0.15) is 0 Å². The van der Waals surface area contributed by atoms with Crippen molar-refractivity contribution in [1.82, 2.24) is 10.2 Å². The lowest BCUT2D eigenvalue weighted by Crippen LogP contribution is -2.40. The van der Waals surface area contributed by atoms with Crippen LogP contribution in [-0.2, 0) is 9.53 Å². The second-order valence-electron chi connectivity index (χ2n) is 4.18. The van der Waals surface area contributed by atoms with Crippen molar-refractivity contribution in [3.8, 4) is 0 Å². The van der Waals surface area contributed by atoms with Gasteiger partial charge in [0.2, 0.25) is 5.91 Å². The number of methoxy groups -OCH3 is 1. The maximum absolute atomic E-state index is 11.7. The van der Waals surface area contributed by atoms with Crippen LogP contribution in [0, 0.1) is 0 Å². The highest BCUT2D eigenvalue weighted by atomic mass is 16.5. The van der Waals surface area contributed by atoms with Crippen molar-refractivity contribution in [3.05, 3.63) is 0 Å². The summed E-state index contributed by atoms with van der Waals surface area (Å²) < 4.78 is 5.22. The topological polar surface area (TPSA) is 41.6 Å². The predicted molar refractivity (Wildman–Crippen MR) is 59.7 cm³/mol. The number of carbonyl (C=O) groups is 1. The number of likely N-dealkylation sites (tertiary alicyclic amines) is 1. The number of hydrogen-bond donors (Lipinski definition) is 1. The van der Waals surface area contributed by atoms with E-state index in [1.807, 2.05) is 4.90 Å². The van der Waals surface area contributed by atoms with Crippen molar-refractivity contribution in [3.63, 3.8) is 0 Å². The molecule has 2 unspecified atom stereocenters. The highest BCUT2D eigenvalue weighted by molar-refractivity contribution is 5.78. The van der Waals surface area contributed by atoms with Gasteiger partial charge in [0.1, 0.15) is 0 Å². The van der Waals surface area contributed by atoms with Gasteiger partial charge < -0.3 is 15.0 Å². The van der Waals surface area contributed by atoms with Crippen LogP contribution in [-0.4, -0.2) is 49.7 Å². The fraction of sp³-hybridized carbons (Fsp3) is 0.909. The Morgan fingerprint density at radius 1 is 1.67 bits per heavy atom. The van der Waals surface area contributed by atoms with E-state index in [4.69, 9.17) is 4.74 Å². The molecule has 0 spiro atoms. The lowest BCUT2D eigenvalue weighted by atomic mass is 10.2. The van der Waals surface area contributed by atoms with Crippen LogP contribution >= 0.6 is 0 Å². The summed E-state index contributed by atoms with van der Waals surface area (Å²) in [6.07, 6.45) is 2.25. The molecule has 0 aromatic carbocycles. The molecule has 1 saturated heterocycles. The molecule has 0 bridgehead atoms. The maximum Gasteiger partial charge on any atom is 0.236 e. The van der Waals surface area contributed by atoms with Crippen molar-refractivity contribution in [2.24, 2.45) is 0 Å². The van der Waals surface area contributed by atoms with Crippen LogP contribution < -0.4 is 5.32 Å². The minimum atomic E-state index is 0.190. The molecule has 1 aliphatic heterocycles. The van der Waals surface area contributed by atoms with Crippen molar-refractivity contribution in [2.45, 2.75) is 38.8 Å². The van der Waals surface area contributed by atoms with E-state index in [0.29, 0.717) is 12.6 Å². The van der Waals surface area contributed by atoms with Gasteiger partial charge in [-0.3, -0.25) is 4.79 Å². The summed E-state index contributed by atoms with van der Waals surface area (Å²) in [5, 5.41) is 3.21. The zero-order valence-corrected chi connectivity index (χ0v) is 9.95. The third kappa shape index (κ3) is 3.80. The van der Waals surface area contributed by atoms with Gasteiger partial charge in [-0.25, -0.2) is 0 Å². The summed E-state index contributed by atoms with van der Waals surface area (Å²) in [6.45, 7) is 6.23. The van der Waals surface area contributed by atoms with Crippen LogP contribution in [0.3, 0.4) is 0 Å². The third-order valence-electron chi connectivity index (χ3n) is 3.05. The van der Waals surface area contributed by atoms with Gasteiger partial charge in [0.25, 0.3) is 0 Å². The minimum Gasteiger partial charge on any atom is -0.380 e. The molecule has 0 aromatic heterocycles. The summed E-state index contributed by atoms with van der Waals surface area (Å²) in [6, 6.07) is 0.412. The molecule has 1 rings (SSSR count).